The van der Waals surface area contributed by atoms with E-state index in [1.54, 1.807) is 6.92 Å². The highest BCUT2D eigenvalue weighted by atomic mass is 79.9. The molecule has 0 heterocycles. The Bertz CT molecular complexity index is 169. The Morgan fingerprint density at radius 2 is 2.08 bits per heavy atom. The molecule has 0 aromatic carbocycles. The van der Waals surface area contributed by atoms with Gasteiger partial charge in [0.05, 0.1) is 0 Å². The SMILES string of the molecule is CC1CCCCC1(O)C(F)(F)Br. The first-order valence-corrected chi connectivity index (χ1v) is 4.96. The third kappa shape index (κ3) is 1.64. The maximum absolute atomic E-state index is 12.9. The Balaban J connectivity index is 2.79. The van der Waals surface area contributed by atoms with Crippen LogP contribution in [0.25, 0.3) is 0 Å². The van der Waals surface area contributed by atoms with Gasteiger partial charge in [0.2, 0.25) is 0 Å². The fourth-order valence-electron chi connectivity index (χ4n) is 1.75. The predicted octanol–water partition coefficient (Wildman–Crippen LogP) is 2.92. The molecule has 1 aliphatic carbocycles. The number of aliphatic hydroxyl groups is 1. The van der Waals surface area contributed by atoms with Crippen LogP contribution in [0.15, 0.2) is 0 Å². The van der Waals surface area contributed by atoms with Gasteiger partial charge >= 0.3 is 4.83 Å². The molecule has 0 aromatic rings. The zero-order valence-electron chi connectivity index (χ0n) is 6.99. The van der Waals surface area contributed by atoms with Crippen molar-refractivity contribution in [2.75, 3.05) is 0 Å². The third-order valence-corrected chi connectivity index (χ3v) is 3.44. The van der Waals surface area contributed by atoms with Gasteiger partial charge < -0.3 is 5.11 Å². The van der Waals surface area contributed by atoms with Crippen molar-refractivity contribution in [2.24, 2.45) is 5.92 Å². The van der Waals surface area contributed by atoms with Gasteiger partial charge in [0.15, 0.2) is 0 Å². The van der Waals surface area contributed by atoms with Crippen molar-refractivity contribution in [2.45, 2.75) is 43.0 Å². The van der Waals surface area contributed by atoms with E-state index in [9.17, 15) is 13.9 Å². The summed E-state index contributed by atoms with van der Waals surface area (Å²) in [6, 6.07) is 0. The maximum atomic E-state index is 12.9. The quantitative estimate of drug-likeness (QED) is 0.702. The number of hydrogen-bond donors (Lipinski definition) is 1. The van der Waals surface area contributed by atoms with Crippen LogP contribution in [0.5, 0.6) is 0 Å². The highest BCUT2D eigenvalue weighted by molar-refractivity contribution is 9.10. The van der Waals surface area contributed by atoms with Gasteiger partial charge in [-0.25, -0.2) is 0 Å². The van der Waals surface area contributed by atoms with Crippen LogP contribution in [-0.2, 0) is 0 Å². The Kier molecular flexibility index (Phi) is 2.78. The van der Waals surface area contributed by atoms with Crippen LogP contribution in [0.2, 0.25) is 0 Å². The van der Waals surface area contributed by atoms with E-state index in [0.29, 0.717) is 12.8 Å². The minimum absolute atomic E-state index is 0.187. The first-order chi connectivity index (χ1) is 5.38. The van der Waals surface area contributed by atoms with Crippen LogP contribution in [0.1, 0.15) is 32.6 Å². The van der Waals surface area contributed by atoms with E-state index in [1.165, 1.54) is 0 Å². The maximum Gasteiger partial charge on any atom is 0.329 e. The van der Waals surface area contributed by atoms with Gasteiger partial charge in [-0.15, -0.1) is 0 Å². The van der Waals surface area contributed by atoms with Gasteiger partial charge in [0, 0.05) is 0 Å². The molecule has 0 saturated heterocycles. The molecule has 2 unspecified atom stereocenters. The summed E-state index contributed by atoms with van der Waals surface area (Å²) in [5.41, 5.74) is -1.84. The molecule has 1 nitrogen and oxygen atoms in total. The topological polar surface area (TPSA) is 20.2 Å². The molecule has 0 radical (unpaired) electrons. The highest BCUT2D eigenvalue weighted by Crippen LogP contribution is 2.47. The van der Waals surface area contributed by atoms with Crippen LogP contribution in [0, 0.1) is 5.92 Å². The highest BCUT2D eigenvalue weighted by Gasteiger charge is 2.54. The second-order valence-electron chi connectivity index (χ2n) is 3.57. The molecule has 2 atom stereocenters. The molecule has 1 rings (SSSR count). The fraction of sp³-hybridized carbons (Fsp3) is 1.00. The van der Waals surface area contributed by atoms with Gasteiger partial charge in [-0.2, -0.15) is 8.78 Å². The van der Waals surface area contributed by atoms with Gasteiger partial charge in [0.1, 0.15) is 5.60 Å². The summed E-state index contributed by atoms with van der Waals surface area (Å²) in [7, 11) is 0. The van der Waals surface area contributed by atoms with Crippen molar-refractivity contribution < 1.29 is 13.9 Å². The second kappa shape index (κ2) is 3.22. The lowest BCUT2D eigenvalue weighted by Gasteiger charge is -2.40. The minimum Gasteiger partial charge on any atom is -0.382 e. The molecule has 0 bridgehead atoms. The Labute approximate surface area is 79.3 Å². The minimum atomic E-state index is -3.15. The van der Waals surface area contributed by atoms with E-state index in [1.807, 2.05) is 0 Å². The lowest BCUT2D eigenvalue weighted by Crippen LogP contribution is -2.51. The summed E-state index contributed by atoms with van der Waals surface area (Å²) in [6.45, 7) is 1.67. The molecular formula is C8H13BrF2O. The van der Waals surface area contributed by atoms with Crippen LogP contribution in [0.3, 0.4) is 0 Å². The molecule has 0 spiro atoms. The van der Waals surface area contributed by atoms with Crippen molar-refractivity contribution in [3.05, 3.63) is 0 Å². The molecule has 0 aliphatic heterocycles. The van der Waals surface area contributed by atoms with E-state index < -0.39 is 10.4 Å². The molecule has 4 heteroatoms. The van der Waals surface area contributed by atoms with Crippen molar-refractivity contribution >= 4 is 15.9 Å². The molecule has 1 aliphatic rings. The van der Waals surface area contributed by atoms with Crippen LogP contribution in [0.4, 0.5) is 8.78 Å². The molecule has 1 saturated carbocycles. The predicted molar refractivity (Wildman–Crippen MR) is 46.5 cm³/mol. The largest absolute Gasteiger partial charge is 0.382 e. The second-order valence-corrected chi connectivity index (χ2v) is 4.56. The molecule has 0 aromatic heterocycles. The standard InChI is InChI=1S/C8H13BrF2O/c1-6-4-2-3-5-7(6,12)8(9,10)11/h6,12H,2-5H2,1H3. The molecule has 1 N–H and O–H groups in total. The Hall–Kier alpha value is 0.300. The monoisotopic (exact) mass is 242 g/mol. The Morgan fingerprint density at radius 3 is 2.42 bits per heavy atom. The first kappa shape index (κ1) is 10.4. The van der Waals surface area contributed by atoms with Gasteiger partial charge in [0.25, 0.3) is 0 Å². The molecular weight excluding hydrogens is 230 g/mol. The van der Waals surface area contributed by atoms with Crippen LogP contribution in [-0.4, -0.2) is 15.5 Å². The number of alkyl halides is 3. The van der Waals surface area contributed by atoms with Crippen LogP contribution >= 0.6 is 15.9 Å². The van der Waals surface area contributed by atoms with Crippen molar-refractivity contribution in [1.82, 2.24) is 0 Å². The van der Waals surface area contributed by atoms with Crippen molar-refractivity contribution in [3.8, 4) is 0 Å². The van der Waals surface area contributed by atoms with E-state index >= 15 is 0 Å². The van der Waals surface area contributed by atoms with E-state index in [2.05, 4.69) is 15.9 Å². The third-order valence-electron chi connectivity index (χ3n) is 2.75. The average Bonchev–Trinajstić information content (AvgIpc) is 1.93. The summed E-state index contributed by atoms with van der Waals surface area (Å²) in [4.78, 5) is -3.15. The molecule has 12 heavy (non-hydrogen) atoms. The van der Waals surface area contributed by atoms with Crippen LogP contribution < -0.4 is 0 Å². The molecule has 72 valence electrons. The fourth-order valence-corrected chi connectivity index (χ4v) is 2.34. The summed E-state index contributed by atoms with van der Waals surface area (Å²) in [5.74, 6) is -0.333. The smallest absolute Gasteiger partial charge is 0.329 e. The van der Waals surface area contributed by atoms with Gasteiger partial charge in [-0.05, 0) is 34.7 Å². The van der Waals surface area contributed by atoms with E-state index in [4.69, 9.17) is 0 Å². The lowest BCUT2D eigenvalue weighted by atomic mass is 9.76. The summed E-state index contributed by atoms with van der Waals surface area (Å²) in [6.07, 6.45) is 2.48. The number of halogens is 3. The first-order valence-electron chi connectivity index (χ1n) is 4.17. The van der Waals surface area contributed by atoms with Gasteiger partial charge in [-0.1, -0.05) is 19.8 Å². The van der Waals surface area contributed by atoms with E-state index in [0.717, 1.165) is 6.42 Å². The van der Waals surface area contributed by atoms with Crippen molar-refractivity contribution in [3.63, 3.8) is 0 Å². The summed E-state index contributed by atoms with van der Waals surface area (Å²) < 4.78 is 25.8. The summed E-state index contributed by atoms with van der Waals surface area (Å²) in [5, 5.41) is 9.68. The normalized spacial score (nSPS) is 38.2. The summed E-state index contributed by atoms with van der Waals surface area (Å²) >= 11 is 2.25. The van der Waals surface area contributed by atoms with E-state index in [-0.39, 0.29) is 12.3 Å². The molecule has 0 amide bonds. The number of rotatable bonds is 1. The lowest BCUT2D eigenvalue weighted by molar-refractivity contribution is -0.162. The zero-order valence-corrected chi connectivity index (χ0v) is 8.57. The Morgan fingerprint density at radius 1 is 1.50 bits per heavy atom. The average molecular weight is 243 g/mol. The number of hydrogen-bond acceptors (Lipinski definition) is 1. The van der Waals surface area contributed by atoms with Gasteiger partial charge in [-0.3, -0.25) is 0 Å². The molecule has 1 fully saturated rings. The zero-order chi connectivity index (χ0) is 9.41. The van der Waals surface area contributed by atoms with Crippen molar-refractivity contribution in [1.29, 1.82) is 0 Å².